The van der Waals surface area contributed by atoms with E-state index in [2.05, 4.69) is 10.9 Å². The molecule has 0 radical (unpaired) electrons. The third kappa shape index (κ3) is 5.20. The van der Waals surface area contributed by atoms with Gasteiger partial charge in [-0.2, -0.15) is 13.2 Å². The van der Waals surface area contributed by atoms with E-state index in [0.29, 0.717) is 24.7 Å². The zero-order valence-electron chi connectivity index (χ0n) is 14.7. The van der Waals surface area contributed by atoms with Crippen molar-refractivity contribution in [3.05, 3.63) is 64.2 Å². The first-order chi connectivity index (χ1) is 13.7. The smallest absolute Gasteiger partial charge is 0.417 e. The number of hydrogen-bond donors (Lipinski definition) is 2. The van der Waals surface area contributed by atoms with Gasteiger partial charge < -0.3 is 9.47 Å². The van der Waals surface area contributed by atoms with E-state index in [1.807, 2.05) is 0 Å². The van der Waals surface area contributed by atoms with Crippen LogP contribution in [0.1, 0.15) is 21.5 Å². The van der Waals surface area contributed by atoms with Crippen molar-refractivity contribution in [3.8, 4) is 11.5 Å². The number of benzene rings is 2. The molecule has 0 bridgehead atoms. The van der Waals surface area contributed by atoms with E-state index in [1.165, 1.54) is 18.2 Å². The molecular weight excluding hydrogens is 413 g/mol. The third-order valence-electron chi connectivity index (χ3n) is 3.83. The van der Waals surface area contributed by atoms with E-state index in [4.69, 9.17) is 21.1 Å². The molecule has 0 unspecified atom stereocenters. The van der Waals surface area contributed by atoms with Crippen molar-refractivity contribution in [1.29, 1.82) is 0 Å². The molecular formula is C19H14ClF3N2O4. The van der Waals surface area contributed by atoms with Crippen molar-refractivity contribution in [1.82, 2.24) is 10.9 Å². The van der Waals surface area contributed by atoms with Crippen LogP contribution < -0.4 is 20.3 Å². The molecule has 29 heavy (non-hydrogen) atoms. The molecule has 1 heterocycles. The Balaban J connectivity index is 1.59. The Morgan fingerprint density at radius 3 is 2.45 bits per heavy atom. The molecule has 1 aliphatic rings. The molecule has 0 aromatic heterocycles. The van der Waals surface area contributed by atoms with Gasteiger partial charge in [0, 0.05) is 11.6 Å². The van der Waals surface area contributed by atoms with Gasteiger partial charge in [-0.15, -0.1) is 0 Å². The highest BCUT2D eigenvalue weighted by atomic mass is 35.5. The summed E-state index contributed by atoms with van der Waals surface area (Å²) in [4.78, 5) is 23.9. The SMILES string of the molecule is O=C(/C=C/c1ccc(Cl)c(C(F)(F)F)c1)NNC(=O)c1ccc2c(c1)OCCO2. The summed E-state index contributed by atoms with van der Waals surface area (Å²) in [6.45, 7) is 0.777. The first-order valence-corrected chi connectivity index (χ1v) is 8.66. The van der Waals surface area contributed by atoms with Crippen LogP contribution in [-0.4, -0.2) is 25.0 Å². The summed E-state index contributed by atoms with van der Waals surface area (Å²) in [6.07, 6.45) is -2.47. The predicted octanol–water partition coefficient (Wildman–Crippen LogP) is 3.60. The lowest BCUT2D eigenvalue weighted by molar-refractivity contribution is -0.137. The Kier molecular flexibility index (Phi) is 5.97. The molecule has 0 fully saturated rings. The summed E-state index contributed by atoms with van der Waals surface area (Å²) in [6, 6.07) is 7.78. The predicted molar refractivity (Wildman–Crippen MR) is 98.5 cm³/mol. The summed E-state index contributed by atoms with van der Waals surface area (Å²) in [7, 11) is 0. The number of rotatable bonds is 3. The van der Waals surface area contributed by atoms with Crippen molar-refractivity contribution in [3.63, 3.8) is 0 Å². The number of fused-ring (bicyclic) bond motifs is 1. The molecule has 1 aliphatic heterocycles. The number of halogens is 4. The summed E-state index contributed by atoms with van der Waals surface area (Å²) >= 11 is 5.54. The topological polar surface area (TPSA) is 76.7 Å². The Morgan fingerprint density at radius 1 is 1.00 bits per heavy atom. The number of carbonyl (C=O) groups is 2. The lowest BCUT2D eigenvalue weighted by Crippen LogP contribution is -2.40. The van der Waals surface area contributed by atoms with Crippen LogP contribution in [0.3, 0.4) is 0 Å². The van der Waals surface area contributed by atoms with Crippen LogP contribution in [0, 0.1) is 0 Å². The molecule has 2 amide bonds. The molecule has 0 aliphatic carbocycles. The molecule has 0 saturated heterocycles. The van der Waals surface area contributed by atoms with E-state index < -0.39 is 28.6 Å². The van der Waals surface area contributed by atoms with E-state index in [-0.39, 0.29) is 11.1 Å². The molecule has 152 valence electrons. The molecule has 10 heteroatoms. The summed E-state index contributed by atoms with van der Waals surface area (Å²) in [5.74, 6) is -0.409. The quantitative estimate of drug-likeness (QED) is 0.581. The third-order valence-corrected chi connectivity index (χ3v) is 4.16. The van der Waals surface area contributed by atoms with Crippen molar-refractivity contribution >= 4 is 29.5 Å². The van der Waals surface area contributed by atoms with Gasteiger partial charge in [0.25, 0.3) is 11.8 Å². The average Bonchev–Trinajstić information content (AvgIpc) is 2.70. The Labute approximate surface area is 168 Å². The number of carbonyl (C=O) groups excluding carboxylic acids is 2. The fourth-order valence-electron chi connectivity index (χ4n) is 2.45. The zero-order chi connectivity index (χ0) is 21.0. The lowest BCUT2D eigenvalue weighted by Gasteiger charge is -2.18. The number of hydrogen-bond acceptors (Lipinski definition) is 4. The summed E-state index contributed by atoms with van der Waals surface area (Å²) < 4.78 is 49.3. The van der Waals surface area contributed by atoms with E-state index in [0.717, 1.165) is 24.3 Å². The monoisotopic (exact) mass is 426 g/mol. The van der Waals surface area contributed by atoms with Gasteiger partial charge in [-0.05, 0) is 42.0 Å². The Bertz CT molecular complexity index is 976. The van der Waals surface area contributed by atoms with Crippen molar-refractivity contribution < 1.29 is 32.2 Å². The van der Waals surface area contributed by atoms with Crippen LogP contribution in [0.15, 0.2) is 42.5 Å². The van der Waals surface area contributed by atoms with E-state index in [9.17, 15) is 22.8 Å². The van der Waals surface area contributed by atoms with Gasteiger partial charge in [-0.1, -0.05) is 17.7 Å². The van der Waals surface area contributed by atoms with Gasteiger partial charge in [0.1, 0.15) is 13.2 Å². The summed E-state index contributed by atoms with van der Waals surface area (Å²) in [5.41, 5.74) is 3.68. The Hall–Kier alpha value is -3.20. The van der Waals surface area contributed by atoms with Crippen molar-refractivity contribution in [2.75, 3.05) is 13.2 Å². The van der Waals surface area contributed by atoms with Gasteiger partial charge >= 0.3 is 6.18 Å². The van der Waals surface area contributed by atoms with Crippen LogP contribution >= 0.6 is 11.6 Å². The van der Waals surface area contributed by atoms with Gasteiger partial charge in [0.2, 0.25) is 0 Å². The molecule has 3 rings (SSSR count). The average molecular weight is 427 g/mol. The number of alkyl halides is 3. The van der Waals surface area contributed by atoms with Crippen LogP contribution in [0.2, 0.25) is 5.02 Å². The zero-order valence-corrected chi connectivity index (χ0v) is 15.4. The fraction of sp³-hybridized carbons (Fsp3) is 0.158. The molecule has 2 aromatic carbocycles. The van der Waals surface area contributed by atoms with Crippen LogP contribution in [0.25, 0.3) is 6.08 Å². The van der Waals surface area contributed by atoms with Crippen LogP contribution in [0.5, 0.6) is 11.5 Å². The number of nitrogens with one attached hydrogen (secondary N) is 2. The number of ether oxygens (including phenoxy) is 2. The molecule has 0 atom stereocenters. The minimum absolute atomic E-state index is 0.120. The van der Waals surface area contributed by atoms with Crippen LogP contribution in [-0.2, 0) is 11.0 Å². The van der Waals surface area contributed by atoms with Gasteiger partial charge in [0.15, 0.2) is 11.5 Å². The highest BCUT2D eigenvalue weighted by Crippen LogP contribution is 2.35. The van der Waals surface area contributed by atoms with E-state index >= 15 is 0 Å². The van der Waals surface area contributed by atoms with Gasteiger partial charge in [-0.3, -0.25) is 20.4 Å². The molecule has 6 nitrogen and oxygen atoms in total. The maximum Gasteiger partial charge on any atom is 0.417 e. The van der Waals surface area contributed by atoms with Crippen LogP contribution in [0.4, 0.5) is 13.2 Å². The minimum atomic E-state index is -4.61. The van der Waals surface area contributed by atoms with E-state index in [1.54, 1.807) is 6.07 Å². The molecule has 0 saturated carbocycles. The second-order valence-corrected chi connectivity index (χ2v) is 6.28. The summed E-state index contributed by atoms with van der Waals surface area (Å²) in [5, 5.41) is -0.439. The highest BCUT2D eigenvalue weighted by Gasteiger charge is 2.33. The minimum Gasteiger partial charge on any atom is -0.486 e. The maximum absolute atomic E-state index is 12.9. The number of hydrazine groups is 1. The Morgan fingerprint density at radius 2 is 1.72 bits per heavy atom. The highest BCUT2D eigenvalue weighted by molar-refractivity contribution is 6.31. The number of amides is 2. The molecule has 2 N–H and O–H groups in total. The normalized spacial score (nSPS) is 13.2. The second kappa shape index (κ2) is 8.44. The van der Waals surface area contributed by atoms with Crippen molar-refractivity contribution in [2.45, 2.75) is 6.18 Å². The van der Waals surface area contributed by atoms with Crippen molar-refractivity contribution in [2.24, 2.45) is 0 Å². The fourth-order valence-corrected chi connectivity index (χ4v) is 2.68. The van der Waals surface area contributed by atoms with Gasteiger partial charge in [0.05, 0.1) is 10.6 Å². The first kappa shape index (κ1) is 20.5. The lowest BCUT2D eigenvalue weighted by atomic mass is 10.1. The second-order valence-electron chi connectivity index (χ2n) is 5.87. The molecule has 2 aromatic rings. The largest absolute Gasteiger partial charge is 0.486 e. The maximum atomic E-state index is 12.9. The van der Waals surface area contributed by atoms with Gasteiger partial charge in [-0.25, -0.2) is 0 Å². The molecule has 0 spiro atoms. The first-order valence-electron chi connectivity index (χ1n) is 8.29. The standard InChI is InChI=1S/C19H14ClF3N2O4/c20-14-4-1-11(9-13(14)19(21,22)23)2-6-17(26)24-25-18(27)12-3-5-15-16(10-12)29-8-7-28-15/h1-6,9-10H,7-8H2,(H,24,26)(H,25,27)/b6-2+.